The summed E-state index contributed by atoms with van der Waals surface area (Å²) in [7, 11) is -1.41. The van der Waals surface area contributed by atoms with Gasteiger partial charge in [0.25, 0.3) is 0 Å². The van der Waals surface area contributed by atoms with Gasteiger partial charge in [0.1, 0.15) is 0 Å². The fourth-order valence-electron chi connectivity index (χ4n) is 10.9. The monoisotopic (exact) mass is 972 g/mol. The normalized spacial score (nSPS) is 11.1. The lowest BCUT2D eigenvalue weighted by Crippen LogP contribution is -2.29. The van der Waals surface area contributed by atoms with Gasteiger partial charge >= 0.3 is 7.12 Å². The number of hydrogen-bond acceptors (Lipinski definition) is 2. The number of fused-ring (bicyclic) bond motifs is 12. The molecular formula is C73H53BO2. The third-order valence-electron chi connectivity index (χ3n) is 14.6. The van der Waals surface area contributed by atoms with Gasteiger partial charge in [-0.2, -0.15) is 0 Å². The molecule has 0 radical (unpaired) electrons. The fraction of sp³-hybridized carbons (Fsp3) is 0.0137. The highest BCUT2D eigenvalue weighted by atomic mass is 16.4. The average Bonchev–Trinajstić information content (AvgIpc) is 3.56. The van der Waals surface area contributed by atoms with Gasteiger partial charge in [-0.3, -0.25) is 0 Å². The molecule has 0 aliphatic heterocycles. The van der Waals surface area contributed by atoms with Gasteiger partial charge < -0.3 is 10.0 Å². The van der Waals surface area contributed by atoms with Crippen LogP contribution < -0.4 is 5.46 Å². The molecule has 0 aliphatic carbocycles. The van der Waals surface area contributed by atoms with Crippen molar-refractivity contribution in [2.75, 3.05) is 0 Å². The van der Waals surface area contributed by atoms with E-state index in [-0.39, 0.29) is 0 Å². The number of aryl methyl sites for hydroxylation is 1. The van der Waals surface area contributed by atoms with Gasteiger partial charge in [0.05, 0.1) is 0 Å². The smallest absolute Gasteiger partial charge is 0.423 e. The molecule has 76 heavy (non-hydrogen) atoms. The maximum absolute atomic E-state index is 9.05. The molecule has 0 aromatic heterocycles. The van der Waals surface area contributed by atoms with E-state index in [1.165, 1.54) is 115 Å². The molecule has 2 N–H and O–H groups in total. The Morgan fingerprint density at radius 2 is 0.461 bits per heavy atom. The van der Waals surface area contributed by atoms with Crippen molar-refractivity contribution in [2.45, 2.75) is 6.92 Å². The maximum atomic E-state index is 9.05. The predicted octanol–water partition coefficient (Wildman–Crippen LogP) is 18.3. The van der Waals surface area contributed by atoms with Gasteiger partial charge in [-0.05, 0) is 157 Å². The zero-order chi connectivity index (χ0) is 51.4. The van der Waals surface area contributed by atoms with Crippen molar-refractivity contribution in [3.8, 4) is 55.6 Å². The van der Waals surface area contributed by atoms with E-state index in [0.717, 1.165) is 11.1 Å². The third-order valence-corrected chi connectivity index (χ3v) is 14.6. The standard InChI is InChI=1S/C36H24.C25H18.C12H11BO2/c1-2-10-25(11-3-1)26-12-8-13-27(22-26)28-14-9-15-29(23-28)30-20-21-35-33-18-5-4-16-31(33)32-17-6-7-19-34(32)36(35)24-30;1-17-7-6-8-18(15-17)19-13-14-24-22-11-3-2-9-20(22)21-10-4-5-12-23(21)25(24)16-19;14-13(15)12-8-4-7-11(9-12)10-5-2-1-3-6-10/h1-24H;2-16H,1H3;1-9,14-15H. The molecule has 0 fully saturated rings. The van der Waals surface area contributed by atoms with Crippen molar-refractivity contribution < 1.29 is 10.0 Å². The van der Waals surface area contributed by atoms with Crippen molar-refractivity contribution in [1.29, 1.82) is 0 Å². The van der Waals surface area contributed by atoms with Crippen LogP contribution in [0.4, 0.5) is 0 Å². The van der Waals surface area contributed by atoms with Gasteiger partial charge in [-0.1, -0.05) is 272 Å². The summed E-state index contributed by atoms with van der Waals surface area (Å²) in [5.74, 6) is 0. The molecule has 3 heteroatoms. The van der Waals surface area contributed by atoms with Crippen molar-refractivity contribution in [2.24, 2.45) is 0 Å². The highest BCUT2D eigenvalue weighted by Crippen LogP contribution is 2.39. The maximum Gasteiger partial charge on any atom is 0.488 e. The quantitative estimate of drug-likeness (QED) is 0.129. The second-order valence-electron chi connectivity index (χ2n) is 19.5. The van der Waals surface area contributed by atoms with E-state index in [1.807, 2.05) is 42.5 Å². The average molecular weight is 973 g/mol. The van der Waals surface area contributed by atoms with Crippen LogP contribution in [0.1, 0.15) is 5.56 Å². The Kier molecular flexibility index (Phi) is 13.3. The minimum atomic E-state index is -1.41. The summed E-state index contributed by atoms with van der Waals surface area (Å²) in [5.41, 5.74) is 13.8. The molecule has 0 heterocycles. The highest BCUT2D eigenvalue weighted by molar-refractivity contribution is 6.58. The van der Waals surface area contributed by atoms with Crippen molar-refractivity contribution >= 4 is 77.2 Å². The summed E-state index contributed by atoms with van der Waals surface area (Å²) in [6.07, 6.45) is 0. The van der Waals surface area contributed by atoms with Crippen LogP contribution in [0.25, 0.3) is 120 Å². The minimum absolute atomic E-state index is 0.511. The predicted molar refractivity (Wildman–Crippen MR) is 326 cm³/mol. The van der Waals surface area contributed by atoms with Crippen LogP contribution in [0.5, 0.6) is 0 Å². The molecule has 0 amide bonds. The molecule has 0 saturated heterocycles. The third kappa shape index (κ3) is 9.65. The van der Waals surface area contributed by atoms with Gasteiger partial charge in [0.2, 0.25) is 0 Å². The fourth-order valence-corrected chi connectivity index (χ4v) is 10.9. The van der Waals surface area contributed by atoms with E-state index in [2.05, 4.69) is 244 Å². The van der Waals surface area contributed by atoms with Crippen molar-refractivity contribution in [3.63, 3.8) is 0 Å². The Morgan fingerprint density at radius 3 is 0.829 bits per heavy atom. The highest BCUT2D eigenvalue weighted by Gasteiger charge is 2.13. The first-order valence-corrected chi connectivity index (χ1v) is 25.9. The Morgan fingerprint density at radius 1 is 0.197 bits per heavy atom. The first kappa shape index (κ1) is 47.6. The van der Waals surface area contributed by atoms with Crippen molar-refractivity contribution in [1.82, 2.24) is 0 Å². The lowest BCUT2D eigenvalue weighted by atomic mass is 9.79. The van der Waals surface area contributed by atoms with E-state index in [0.29, 0.717) is 5.46 Å². The lowest BCUT2D eigenvalue weighted by molar-refractivity contribution is 0.426. The minimum Gasteiger partial charge on any atom is -0.423 e. The zero-order valence-electron chi connectivity index (χ0n) is 42.2. The second-order valence-corrected chi connectivity index (χ2v) is 19.5. The zero-order valence-corrected chi connectivity index (χ0v) is 42.2. The van der Waals surface area contributed by atoms with E-state index >= 15 is 0 Å². The van der Waals surface area contributed by atoms with Crippen LogP contribution in [0.2, 0.25) is 0 Å². The Hall–Kier alpha value is -9.38. The molecule has 14 aromatic carbocycles. The van der Waals surface area contributed by atoms with Crippen LogP contribution in [-0.4, -0.2) is 17.2 Å². The number of hydrogen-bond donors (Lipinski definition) is 2. The first-order valence-electron chi connectivity index (χ1n) is 25.9. The van der Waals surface area contributed by atoms with Crippen LogP contribution >= 0.6 is 0 Å². The molecule has 0 saturated carbocycles. The molecule has 14 aromatic rings. The topological polar surface area (TPSA) is 40.5 Å². The molecule has 0 aliphatic rings. The van der Waals surface area contributed by atoms with E-state index in [9.17, 15) is 0 Å². The molecule has 0 spiro atoms. The largest absolute Gasteiger partial charge is 0.488 e. The Labute approximate surface area is 444 Å². The molecule has 360 valence electrons. The number of benzene rings is 14. The van der Waals surface area contributed by atoms with Crippen LogP contribution in [0.15, 0.2) is 291 Å². The summed E-state index contributed by atoms with van der Waals surface area (Å²) < 4.78 is 0. The molecule has 14 rings (SSSR count). The summed E-state index contributed by atoms with van der Waals surface area (Å²) >= 11 is 0. The van der Waals surface area contributed by atoms with Gasteiger partial charge in [0, 0.05) is 0 Å². The van der Waals surface area contributed by atoms with Gasteiger partial charge in [-0.25, -0.2) is 0 Å². The first-order chi connectivity index (χ1) is 37.4. The van der Waals surface area contributed by atoms with Gasteiger partial charge in [-0.15, -0.1) is 0 Å². The van der Waals surface area contributed by atoms with E-state index < -0.39 is 7.12 Å². The Bertz CT molecular complexity index is 4320. The lowest BCUT2D eigenvalue weighted by Gasteiger charge is -2.13. The molecule has 0 bridgehead atoms. The summed E-state index contributed by atoms with van der Waals surface area (Å²) in [4.78, 5) is 0. The van der Waals surface area contributed by atoms with Gasteiger partial charge in [0.15, 0.2) is 0 Å². The summed E-state index contributed by atoms with van der Waals surface area (Å²) in [6, 6.07) is 103. The van der Waals surface area contributed by atoms with Crippen molar-refractivity contribution in [3.05, 3.63) is 297 Å². The molecule has 2 nitrogen and oxygen atoms in total. The SMILES string of the molecule is Cc1cccc(-c2ccc3c4ccccc4c4ccccc4c3c2)c1.OB(O)c1cccc(-c2ccccc2)c1.c1ccc(-c2cccc(-c3cccc(-c4ccc5c6ccccc6c6ccccc6c5c4)c3)c2)cc1. The second kappa shape index (κ2) is 21.2. The summed E-state index contributed by atoms with van der Waals surface area (Å²) in [5, 5.41) is 33.9. The number of rotatable bonds is 6. The van der Waals surface area contributed by atoms with E-state index in [1.54, 1.807) is 12.1 Å². The Balaban J connectivity index is 0.000000126. The summed E-state index contributed by atoms with van der Waals surface area (Å²) in [6.45, 7) is 2.15. The van der Waals surface area contributed by atoms with E-state index in [4.69, 9.17) is 10.0 Å². The molecular weight excluding hydrogens is 920 g/mol. The molecule has 0 atom stereocenters. The molecule has 0 unspecified atom stereocenters. The van der Waals surface area contributed by atoms with Crippen LogP contribution in [-0.2, 0) is 0 Å². The van der Waals surface area contributed by atoms with Crippen LogP contribution in [0.3, 0.4) is 0 Å². The van der Waals surface area contributed by atoms with Crippen LogP contribution in [0, 0.1) is 6.92 Å².